The van der Waals surface area contributed by atoms with Crippen molar-refractivity contribution in [1.29, 1.82) is 0 Å². The number of halogens is 4. The molecule has 2 rings (SSSR count). The average molecular weight is 925 g/mol. The van der Waals surface area contributed by atoms with E-state index < -0.39 is 150 Å². The number of hydrogen-bond donors (Lipinski definition) is 7. The van der Waals surface area contributed by atoms with Crippen molar-refractivity contribution >= 4 is 58.9 Å². The third-order valence-corrected chi connectivity index (χ3v) is 10.1. The lowest BCUT2D eigenvalue weighted by Crippen LogP contribution is -2.64. The van der Waals surface area contributed by atoms with E-state index in [1.54, 1.807) is 26.0 Å². The first-order chi connectivity index (χ1) is 30.0. The largest absolute Gasteiger partial charge is 0.481 e. The minimum atomic E-state index is -1.98. The number of rotatable bonds is 22. The highest BCUT2D eigenvalue weighted by Crippen LogP contribution is 2.30. The predicted molar refractivity (Wildman–Crippen MR) is 224 cm³/mol. The maximum atomic E-state index is 14.0. The third kappa shape index (κ3) is 15.6. The second-order valence-electron chi connectivity index (χ2n) is 16.9. The van der Waals surface area contributed by atoms with Gasteiger partial charge in [-0.3, -0.25) is 43.2 Å². The zero-order chi connectivity index (χ0) is 49.7. The molecule has 0 bridgehead atoms. The van der Waals surface area contributed by atoms with Gasteiger partial charge in [-0.25, -0.2) is 8.78 Å². The van der Waals surface area contributed by atoms with Crippen LogP contribution in [0, 0.1) is 35.1 Å². The number of amides is 6. The summed E-state index contributed by atoms with van der Waals surface area (Å²) in [6.07, 6.45) is -2.54. The zero-order valence-corrected chi connectivity index (χ0v) is 37.6. The number of Topliss-reactive ketones (excluding diaryl/α,β-unsaturated/α-hetero) is 1. The number of para-hydroxylation sites is 1. The molecule has 0 saturated heterocycles. The lowest BCUT2D eigenvalue weighted by molar-refractivity contribution is -0.145. The molecule has 5 atom stereocenters. The molecule has 0 aliphatic heterocycles. The molecule has 22 heteroatoms. The number of benzene rings is 2. The number of carboxylic acids is 1. The number of anilines is 1. The summed E-state index contributed by atoms with van der Waals surface area (Å²) in [5, 5.41) is 23.7. The van der Waals surface area contributed by atoms with Crippen molar-refractivity contribution in [1.82, 2.24) is 26.6 Å². The molecule has 0 fully saturated rings. The molecule has 0 aliphatic rings. The average Bonchev–Trinajstić information content (AvgIpc) is 3.20. The van der Waals surface area contributed by atoms with E-state index >= 15 is 0 Å². The van der Waals surface area contributed by atoms with E-state index in [-0.39, 0.29) is 11.5 Å². The van der Waals surface area contributed by atoms with Crippen LogP contribution in [0.2, 0.25) is 0 Å². The van der Waals surface area contributed by atoms with Gasteiger partial charge in [-0.1, -0.05) is 66.7 Å². The van der Waals surface area contributed by atoms with Crippen LogP contribution in [-0.4, -0.2) is 102 Å². The van der Waals surface area contributed by atoms with Gasteiger partial charge in [0.1, 0.15) is 42.7 Å². The minimum absolute atomic E-state index is 0.108. The Morgan fingerprint density at radius 2 is 1.31 bits per heavy atom. The molecule has 0 spiro atoms. The summed E-state index contributed by atoms with van der Waals surface area (Å²) >= 11 is 0. The second kappa shape index (κ2) is 23.4. The Morgan fingerprint density at radius 3 is 1.83 bits per heavy atom. The molecule has 0 radical (unpaired) electrons. The monoisotopic (exact) mass is 924 g/mol. The number of carbonyl (C=O) groups is 9. The fourth-order valence-corrected chi connectivity index (χ4v) is 5.95. The Morgan fingerprint density at radius 1 is 0.723 bits per heavy atom. The second-order valence-corrected chi connectivity index (χ2v) is 16.9. The normalized spacial score (nSPS) is 14.1. The van der Waals surface area contributed by atoms with Crippen LogP contribution in [0.3, 0.4) is 0 Å². The van der Waals surface area contributed by atoms with Gasteiger partial charge in [0.15, 0.2) is 23.2 Å². The fourth-order valence-electron chi connectivity index (χ4n) is 5.95. The molecule has 0 saturated carbocycles. The van der Waals surface area contributed by atoms with Crippen molar-refractivity contribution in [3.63, 3.8) is 0 Å². The van der Waals surface area contributed by atoms with Crippen LogP contribution in [0.25, 0.3) is 0 Å². The van der Waals surface area contributed by atoms with Crippen LogP contribution in [0.4, 0.5) is 23.2 Å². The van der Waals surface area contributed by atoms with Gasteiger partial charge in [0.05, 0.1) is 20.0 Å². The fraction of sp³-hybridized carbons (Fsp3) is 0.512. The van der Waals surface area contributed by atoms with Crippen molar-refractivity contribution in [2.45, 2.75) is 117 Å². The van der Waals surface area contributed by atoms with E-state index in [1.807, 2.05) is 38.2 Å². The number of esters is 1. The molecular weight excluding hydrogens is 868 g/mol. The molecule has 2 aromatic carbocycles. The molecule has 6 amide bonds. The van der Waals surface area contributed by atoms with Crippen LogP contribution in [-0.2, 0) is 53.3 Å². The van der Waals surface area contributed by atoms with Gasteiger partial charge >= 0.3 is 11.9 Å². The number of hydrogen-bond acceptors (Lipinski definition) is 11. The van der Waals surface area contributed by atoms with Crippen molar-refractivity contribution in [3.8, 4) is 5.75 Å². The standard InChI is InChI=1S/C43H56F4N6O12/c1-20(2)36(40(62)48-22(5)38(60)50-27(16-32(57)58)29(54)19-65-37-34(46)24(44)15-25(45)35(37)47)52-39(61)28(17-33(59)64-10)51-41(63)43(9,21(3)4)53-31(56)18-30(55)49-26-14-12-11-13-23(26)42(6,7)8/h11-15,20-22,27-28,36H,16-19H2,1-10H3,(H,48,62)(H,49,55)(H,50,60)(H,51,63)(H,52,61)(H,53,56)(H,57,58)/t22-,27?,28-,36-,43-/m0/s1. The van der Waals surface area contributed by atoms with Gasteiger partial charge in [0, 0.05) is 11.8 Å². The maximum absolute atomic E-state index is 14.0. The number of ether oxygens (including phenoxy) is 2. The summed E-state index contributed by atoms with van der Waals surface area (Å²) in [6, 6.07) is 0.241. The highest BCUT2D eigenvalue weighted by molar-refractivity contribution is 6.06. The van der Waals surface area contributed by atoms with E-state index in [9.17, 15) is 65.8 Å². The third-order valence-electron chi connectivity index (χ3n) is 10.1. The summed E-state index contributed by atoms with van der Waals surface area (Å²) in [7, 11) is 1.02. The maximum Gasteiger partial charge on any atom is 0.308 e. The Kier molecular flexibility index (Phi) is 19.6. The van der Waals surface area contributed by atoms with Gasteiger partial charge < -0.3 is 46.5 Å². The van der Waals surface area contributed by atoms with E-state index in [4.69, 9.17) is 4.74 Å². The number of ketones is 1. The molecule has 18 nitrogen and oxygen atoms in total. The Hall–Kier alpha value is -6.61. The highest BCUT2D eigenvalue weighted by atomic mass is 19.2. The van der Waals surface area contributed by atoms with Crippen molar-refractivity contribution < 1.29 is 75.3 Å². The molecule has 0 heterocycles. The number of methoxy groups -OCH3 is 1. The number of aliphatic carboxylic acids is 1. The topological polar surface area (TPSA) is 264 Å². The van der Waals surface area contributed by atoms with Crippen LogP contribution in [0.1, 0.15) is 87.1 Å². The highest BCUT2D eigenvalue weighted by Gasteiger charge is 2.41. The van der Waals surface area contributed by atoms with E-state index in [0.29, 0.717) is 5.69 Å². The van der Waals surface area contributed by atoms with Crippen LogP contribution < -0.4 is 36.6 Å². The van der Waals surface area contributed by atoms with Gasteiger partial charge in [-0.05, 0) is 42.7 Å². The van der Waals surface area contributed by atoms with Crippen molar-refractivity contribution in [3.05, 3.63) is 59.2 Å². The van der Waals surface area contributed by atoms with Gasteiger partial charge in [0.25, 0.3) is 0 Å². The molecular formula is C43H56F4N6O12. The first-order valence-electron chi connectivity index (χ1n) is 20.2. The lowest BCUT2D eigenvalue weighted by atomic mass is 9.85. The Labute approximate surface area is 372 Å². The first-order valence-corrected chi connectivity index (χ1v) is 20.2. The van der Waals surface area contributed by atoms with E-state index in [1.165, 1.54) is 20.8 Å². The van der Waals surface area contributed by atoms with Crippen molar-refractivity contribution in [2.24, 2.45) is 11.8 Å². The number of nitrogens with one attached hydrogen (secondary N) is 6. The summed E-state index contributed by atoms with van der Waals surface area (Å²) in [4.78, 5) is 117. The smallest absolute Gasteiger partial charge is 0.308 e. The van der Waals surface area contributed by atoms with Gasteiger partial charge in [-0.15, -0.1) is 0 Å². The summed E-state index contributed by atoms with van der Waals surface area (Å²) < 4.78 is 64.6. The molecule has 1 unspecified atom stereocenters. The Balaban J connectivity index is 2.21. The van der Waals surface area contributed by atoms with Gasteiger partial charge in [0.2, 0.25) is 47.1 Å². The minimum Gasteiger partial charge on any atom is -0.481 e. The molecule has 0 aromatic heterocycles. The number of carboxylic acid groups (broad SMARTS) is 1. The predicted octanol–water partition coefficient (Wildman–Crippen LogP) is 2.70. The van der Waals surface area contributed by atoms with E-state index in [2.05, 4.69) is 31.3 Å². The van der Waals surface area contributed by atoms with Crippen LogP contribution in [0.5, 0.6) is 5.75 Å². The molecule has 7 N–H and O–H groups in total. The Bertz CT molecular complexity index is 2120. The SMILES string of the molecule is COC(=O)C[C@H](NC(=O)[C@@](C)(NC(=O)CC(=O)Nc1ccccc1C(C)(C)C)C(C)C)C(=O)N[C@H](C(=O)N[C@@H](C)C(=O)NC(CC(=O)O)C(=O)COc1c(F)c(F)cc(F)c1F)C(C)C. The van der Waals surface area contributed by atoms with Crippen LogP contribution >= 0.6 is 0 Å². The molecule has 2 aromatic rings. The summed E-state index contributed by atoms with van der Waals surface area (Å²) in [5.74, 6) is -20.3. The first kappa shape index (κ1) is 54.5. The molecule has 65 heavy (non-hydrogen) atoms. The summed E-state index contributed by atoms with van der Waals surface area (Å²) in [6.45, 7) is 13.1. The van der Waals surface area contributed by atoms with Crippen molar-refractivity contribution in [2.75, 3.05) is 19.0 Å². The van der Waals surface area contributed by atoms with E-state index in [0.717, 1.165) is 19.6 Å². The van der Waals surface area contributed by atoms with Gasteiger partial charge in [-0.2, -0.15) is 8.78 Å². The molecule has 0 aliphatic carbocycles. The quantitative estimate of drug-likeness (QED) is 0.0389. The number of carbonyl (C=O) groups excluding carboxylic acids is 8. The molecule has 358 valence electrons. The van der Waals surface area contributed by atoms with Crippen LogP contribution in [0.15, 0.2) is 30.3 Å². The zero-order valence-electron chi connectivity index (χ0n) is 37.6. The lowest BCUT2D eigenvalue weighted by Gasteiger charge is -2.35. The summed E-state index contributed by atoms with van der Waals surface area (Å²) in [5.41, 5.74) is -0.808.